The number of rotatable bonds is 3. The van der Waals surface area contributed by atoms with Crippen molar-refractivity contribution in [3.8, 4) is 0 Å². The first kappa shape index (κ1) is 12.8. The molecule has 16 heavy (non-hydrogen) atoms. The number of likely N-dealkylation sites (tertiary alicyclic amines) is 1. The molecule has 0 spiro atoms. The van der Waals surface area contributed by atoms with E-state index in [0.29, 0.717) is 13.2 Å². The summed E-state index contributed by atoms with van der Waals surface area (Å²) in [7, 11) is 0. The van der Waals surface area contributed by atoms with Crippen LogP contribution in [0.5, 0.6) is 0 Å². The number of carboxylic acids is 1. The Balaban J connectivity index is 2.47. The van der Waals surface area contributed by atoms with Crippen molar-refractivity contribution in [1.29, 1.82) is 0 Å². The molecule has 1 amide bonds. The van der Waals surface area contributed by atoms with E-state index in [2.05, 4.69) is 0 Å². The average Bonchev–Trinajstić information content (AvgIpc) is 2.59. The Labute approximate surface area is 94.3 Å². The smallest absolute Gasteiger partial charge is 0.409 e. The van der Waals surface area contributed by atoms with Gasteiger partial charge in [0.25, 0.3) is 0 Å². The minimum atomic E-state index is -1.32. The maximum absolute atomic E-state index is 11.5. The average molecular weight is 230 g/mol. The standard InChI is InChI=1S/C10H18N2O4/c1-7(2)5-16-9(15)12-4-3-10(11,6-12)8(13)14/h7H,3-6,11H2,1-2H3,(H,13,14). The third-order valence-corrected chi connectivity index (χ3v) is 2.53. The lowest BCUT2D eigenvalue weighted by atomic mass is 10.0. The molecule has 0 aromatic carbocycles. The van der Waals surface area contributed by atoms with Gasteiger partial charge in [-0.3, -0.25) is 4.79 Å². The number of carboxylic acid groups (broad SMARTS) is 1. The van der Waals surface area contributed by atoms with Crippen LogP contribution < -0.4 is 5.73 Å². The fourth-order valence-electron chi connectivity index (χ4n) is 1.49. The van der Waals surface area contributed by atoms with Crippen LogP contribution >= 0.6 is 0 Å². The number of carbonyl (C=O) groups is 2. The van der Waals surface area contributed by atoms with E-state index in [1.807, 2.05) is 13.8 Å². The van der Waals surface area contributed by atoms with E-state index in [9.17, 15) is 9.59 Å². The highest BCUT2D eigenvalue weighted by Gasteiger charge is 2.43. The SMILES string of the molecule is CC(C)COC(=O)N1CCC(N)(C(=O)O)C1. The summed E-state index contributed by atoms with van der Waals surface area (Å²) in [6, 6.07) is 0. The van der Waals surface area contributed by atoms with Crippen molar-refractivity contribution in [2.45, 2.75) is 25.8 Å². The summed E-state index contributed by atoms with van der Waals surface area (Å²) in [5, 5.41) is 8.89. The zero-order chi connectivity index (χ0) is 12.3. The van der Waals surface area contributed by atoms with Gasteiger partial charge < -0.3 is 20.5 Å². The van der Waals surface area contributed by atoms with Gasteiger partial charge in [-0.15, -0.1) is 0 Å². The molecule has 0 aromatic rings. The Bertz CT molecular complexity index is 293. The molecule has 1 fully saturated rings. The molecule has 1 atom stereocenters. The monoisotopic (exact) mass is 230 g/mol. The van der Waals surface area contributed by atoms with Crippen molar-refractivity contribution in [1.82, 2.24) is 4.90 Å². The summed E-state index contributed by atoms with van der Waals surface area (Å²) in [5.74, 6) is -0.819. The number of hydrogen-bond acceptors (Lipinski definition) is 4. The van der Waals surface area contributed by atoms with Crippen molar-refractivity contribution in [2.24, 2.45) is 11.7 Å². The van der Waals surface area contributed by atoms with Gasteiger partial charge in [-0.25, -0.2) is 4.79 Å². The third kappa shape index (κ3) is 2.85. The van der Waals surface area contributed by atoms with E-state index in [0.717, 1.165) is 0 Å². The molecular weight excluding hydrogens is 212 g/mol. The van der Waals surface area contributed by atoms with Crippen molar-refractivity contribution >= 4 is 12.1 Å². The van der Waals surface area contributed by atoms with Gasteiger partial charge in [0.2, 0.25) is 0 Å². The minimum Gasteiger partial charge on any atom is -0.480 e. The summed E-state index contributed by atoms with van der Waals surface area (Å²) in [6.07, 6.45) is -0.221. The summed E-state index contributed by atoms with van der Waals surface area (Å²) in [4.78, 5) is 23.7. The molecule has 1 unspecified atom stereocenters. The van der Waals surface area contributed by atoms with Gasteiger partial charge in [0.05, 0.1) is 13.2 Å². The van der Waals surface area contributed by atoms with E-state index >= 15 is 0 Å². The Morgan fingerprint density at radius 2 is 2.19 bits per heavy atom. The van der Waals surface area contributed by atoms with Gasteiger partial charge in [-0.1, -0.05) is 13.8 Å². The number of nitrogens with zero attached hydrogens (tertiary/aromatic N) is 1. The van der Waals surface area contributed by atoms with E-state index < -0.39 is 17.6 Å². The molecule has 1 aliphatic rings. The first-order valence-corrected chi connectivity index (χ1v) is 5.29. The maximum atomic E-state index is 11.5. The van der Waals surface area contributed by atoms with Crippen molar-refractivity contribution < 1.29 is 19.4 Å². The molecule has 0 radical (unpaired) electrons. The topological polar surface area (TPSA) is 92.9 Å². The van der Waals surface area contributed by atoms with Crippen LogP contribution in [0.3, 0.4) is 0 Å². The van der Waals surface area contributed by atoms with Crippen LogP contribution in [0.25, 0.3) is 0 Å². The lowest BCUT2D eigenvalue weighted by Gasteiger charge is -2.20. The molecular formula is C10H18N2O4. The fourth-order valence-corrected chi connectivity index (χ4v) is 1.49. The lowest BCUT2D eigenvalue weighted by Crippen LogP contribution is -2.50. The maximum Gasteiger partial charge on any atom is 0.409 e. The van der Waals surface area contributed by atoms with Gasteiger partial charge in [0, 0.05) is 6.54 Å². The van der Waals surface area contributed by atoms with E-state index in [1.54, 1.807) is 0 Å². The predicted octanol–water partition coefficient (Wildman–Crippen LogP) is 0.267. The van der Waals surface area contributed by atoms with Crippen molar-refractivity contribution in [3.63, 3.8) is 0 Å². The Hall–Kier alpha value is -1.30. The second-order valence-electron chi connectivity index (χ2n) is 4.60. The zero-order valence-electron chi connectivity index (χ0n) is 9.60. The molecule has 6 heteroatoms. The Morgan fingerprint density at radius 3 is 2.62 bits per heavy atom. The van der Waals surface area contributed by atoms with Crippen LogP contribution in [0.2, 0.25) is 0 Å². The summed E-state index contributed by atoms with van der Waals surface area (Å²) in [5.41, 5.74) is 4.31. The Morgan fingerprint density at radius 1 is 1.56 bits per heavy atom. The third-order valence-electron chi connectivity index (χ3n) is 2.53. The second kappa shape index (κ2) is 4.69. The summed E-state index contributed by atoms with van der Waals surface area (Å²) < 4.78 is 5.00. The van der Waals surface area contributed by atoms with Gasteiger partial charge >= 0.3 is 12.1 Å². The van der Waals surface area contributed by atoms with Crippen LogP contribution in [-0.2, 0) is 9.53 Å². The normalized spacial score (nSPS) is 24.9. The van der Waals surface area contributed by atoms with E-state index in [4.69, 9.17) is 15.6 Å². The van der Waals surface area contributed by atoms with Gasteiger partial charge in [0.1, 0.15) is 5.54 Å². The quantitative estimate of drug-likeness (QED) is 0.725. The number of carbonyl (C=O) groups excluding carboxylic acids is 1. The number of nitrogens with two attached hydrogens (primary N) is 1. The highest BCUT2D eigenvalue weighted by Crippen LogP contribution is 2.19. The summed E-state index contributed by atoms with van der Waals surface area (Å²) >= 11 is 0. The van der Waals surface area contributed by atoms with Crippen LogP contribution in [0.15, 0.2) is 0 Å². The van der Waals surface area contributed by atoms with Gasteiger partial charge in [-0.05, 0) is 12.3 Å². The van der Waals surface area contributed by atoms with Crippen molar-refractivity contribution in [2.75, 3.05) is 19.7 Å². The molecule has 6 nitrogen and oxygen atoms in total. The molecule has 1 rings (SSSR count). The molecule has 0 aliphatic carbocycles. The largest absolute Gasteiger partial charge is 0.480 e. The molecule has 0 saturated carbocycles. The molecule has 3 N–H and O–H groups in total. The van der Waals surface area contributed by atoms with Gasteiger partial charge in [-0.2, -0.15) is 0 Å². The minimum absolute atomic E-state index is 0.0132. The molecule has 1 aliphatic heterocycles. The zero-order valence-corrected chi connectivity index (χ0v) is 9.60. The lowest BCUT2D eigenvalue weighted by molar-refractivity contribution is -0.142. The molecule has 0 aromatic heterocycles. The molecule has 0 bridgehead atoms. The first-order chi connectivity index (χ1) is 7.35. The predicted molar refractivity (Wildman–Crippen MR) is 56.9 cm³/mol. The molecule has 1 heterocycles. The van der Waals surface area contributed by atoms with Crippen LogP contribution in [0.4, 0.5) is 4.79 Å². The highest BCUT2D eigenvalue weighted by atomic mass is 16.6. The van der Waals surface area contributed by atoms with E-state index in [-0.39, 0.29) is 18.9 Å². The number of ether oxygens (including phenoxy) is 1. The molecule has 1 saturated heterocycles. The van der Waals surface area contributed by atoms with Crippen LogP contribution in [-0.4, -0.2) is 47.3 Å². The first-order valence-electron chi connectivity index (χ1n) is 5.29. The molecule has 92 valence electrons. The Kier molecular flexibility index (Phi) is 3.74. The number of amides is 1. The van der Waals surface area contributed by atoms with Gasteiger partial charge in [0.15, 0.2) is 0 Å². The number of hydrogen-bond donors (Lipinski definition) is 2. The van der Waals surface area contributed by atoms with E-state index in [1.165, 1.54) is 4.90 Å². The second-order valence-corrected chi connectivity index (χ2v) is 4.60. The highest BCUT2D eigenvalue weighted by molar-refractivity contribution is 5.81. The van der Waals surface area contributed by atoms with Crippen LogP contribution in [0, 0.1) is 5.92 Å². The summed E-state index contributed by atoms with van der Waals surface area (Å²) in [6.45, 7) is 4.54. The van der Waals surface area contributed by atoms with Crippen LogP contribution in [0.1, 0.15) is 20.3 Å². The number of aliphatic carboxylic acids is 1. The van der Waals surface area contributed by atoms with Crippen molar-refractivity contribution in [3.05, 3.63) is 0 Å². The fraction of sp³-hybridized carbons (Fsp3) is 0.800.